The van der Waals surface area contributed by atoms with E-state index in [9.17, 15) is 4.79 Å². The smallest absolute Gasteiger partial charge is 0.243 e. The summed E-state index contributed by atoms with van der Waals surface area (Å²) in [7, 11) is 0. The van der Waals surface area contributed by atoms with Gasteiger partial charge in [0.05, 0.1) is 11.4 Å². The number of aromatic nitrogens is 2. The Labute approximate surface area is 154 Å². The first-order chi connectivity index (χ1) is 12.7. The summed E-state index contributed by atoms with van der Waals surface area (Å²) < 4.78 is 1.91. The van der Waals surface area contributed by atoms with Gasteiger partial charge in [-0.3, -0.25) is 4.79 Å². The Hall–Kier alpha value is -3.14. The van der Waals surface area contributed by atoms with Crippen LogP contribution in [0.25, 0.3) is 11.8 Å². The van der Waals surface area contributed by atoms with Crippen molar-refractivity contribution in [1.29, 1.82) is 0 Å². The SMILES string of the molecule is Cc1nn(-c2ccccc2)cc1CCCNC(=O)/C=C/c1ccccc1. The molecule has 0 atom stereocenters. The third kappa shape index (κ3) is 4.93. The van der Waals surface area contributed by atoms with Gasteiger partial charge >= 0.3 is 0 Å². The van der Waals surface area contributed by atoms with Crippen LogP contribution in [-0.2, 0) is 11.2 Å². The molecule has 26 heavy (non-hydrogen) atoms. The fourth-order valence-electron chi connectivity index (χ4n) is 2.74. The van der Waals surface area contributed by atoms with E-state index in [0.29, 0.717) is 6.54 Å². The molecule has 1 N–H and O–H groups in total. The van der Waals surface area contributed by atoms with Crippen molar-refractivity contribution in [1.82, 2.24) is 15.1 Å². The molecule has 0 radical (unpaired) electrons. The topological polar surface area (TPSA) is 46.9 Å². The maximum Gasteiger partial charge on any atom is 0.243 e. The minimum atomic E-state index is -0.0643. The zero-order valence-corrected chi connectivity index (χ0v) is 14.9. The molecule has 4 heteroatoms. The van der Waals surface area contributed by atoms with Gasteiger partial charge in [0.1, 0.15) is 0 Å². The first-order valence-corrected chi connectivity index (χ1v) is 8.84. The van der Waals surface area contributed by atoms with Crippen LogP contribution in [0.5, 0.6) is 0 Å². The van der Waals surface area contributed by atoms with E-state index in [1.54, 1.807) is 6.08 Å². The van der Waals surface area contributed by atoms with Gasteiger partial charge in [-0.05, 0) is 49.1 Å². The Morgan fingerprint density at radius 2 is 1.77 bits per heavy atom. The molecule has 0 aliphatic heterocycles. The Morgan fingerprint density at radius 3 is 2.50 bits per heavy atom. The molecule has 0 aliphatic rings. The Morgan fingerprint density at radius 1 is 1.08 bits per heavy atom. The van der Waals surface area contributed by atoms with Crippen molar-refractivity contribution < 1.29 is 4.79 Å². The number of nitrogens with one attached hydrogen (secondary N) is 1. The molecule has 4 nitrogen and oxygen atoms in total. The molecule has 3 aromatic rings. The van der Waals surface area contributed by atoms with Crippen molar-refractivity contribution in [3.8, 4) is 5.69 Å². The number of amides is 1. The van der Waals surface area contributed by atoms with E-state index in [1.807, 2.05) is 78.3 Å². The standard InChI is InChI=1S/C22H23N3O/c1-18-20(17-25(24-18)21-12-6-3-7-13-21)11-8-16-23-22(26)15-14-19-9-4-2-5-10-19/h2-7,9-10,12-15,17H,8,11,16H2,1H3,(H,23,26)/b15-14+. The number of benzene rings is 2. The monoisotopic (exact) mass is 345 g/mol. The fourth-order valence-corrected chi connectivity index (χ4v) is 2.74. The van der Waals surface area contributed by atoms with Crippen LogP contribution >= 0.6 is 0 Å². The van der Waals surface area contributed by atoms with Crippen molar-refractivity contribution in [2.45, 2.75) is 19.8 Å². The molecule has 0 fully saturated rings. The highest BCUT2D eigenvalue weighted by atomic mass is 16.1. The van der Waals surface area contributed by atoms with E-state index in [4.69, 9.17) is 0 Å². The van der Waals surface area contributed by atoms with Gasteiger partial charge in [-0.15, -0.1) is 0 Å². The Balaban J connectivity index is 1.46. The van der Waals surface area contributed by atoms with Crippen LogP contribution in [0.15, 0.2) is 72.9 Å². The van der Waals surface area contributed by atoms with E-state index in [1.165, 1.54) is 5.56 Å². The molecule has 3 rings (SSSR count). The highest BCUT2D eigenvalue weighted by molar-refractivity contribution is 5.91. The van der Waals surface area contributed by atoms with Crippen molar-refractivity contribution in [3.05, 3.63) is 89.8 Å². The summed E-state index contributed by atoms with van der Waals surface area (Å²) in [6, 6.07) is 19.9. The number of aryl methyl sites for hydroxylation is 2. The number of hydrogen-bond acceptors (Lipinski definition) is 2. The van der Waals surface area contributed by atoms with Gasteiger partial charge in [0.25, 0.3) is 0 Å². The lowest BCUT2D eigenvalue weighted by Gasteiger charge is -2.02. The highest BCUT2D eigenvalue weighted by Crippen LogP contribution is 2.13. The molecule has 0 saturated heterocycles. The van der Waals surface area contributed by atoms with Crippen LogP contribution in [0.2, 0.25) is 0 Å². The number of carbonyl (C=O) groups is 1. The normalized spacial score (nSPS) is 11.0. The Kier molecular flexibility index (Phi) is 5.99. The molecular formula is C22H23N3O. The fraction of sp³-hybridized carbons (Fsp3) is 0.182. The van der Waals surface area contributed by atoms with E-state index in [2.05, 4.69) is 16.6 Å². The minimum Gasteiger partial charge on any atom is -0.353 e. The molecule has 1 heterocycles. The lowest BCUT2D eigenvalue weighted by atomic mass is 10.1. The first kappa shape index (κ1) is 17.7. The number of hydrogen-bond donors (Lipinski definition) is 1. The maximum atomic E-state index is 11.9. The number of rotatable bonds is 7. The molecule has 2 aromatic carbocycles. The number of para-hydroxylation sites is 1. The molecular weight excluding hydrogens is 322 g/mol. The number of nitrogens with zero attached hydrogens (tertiary/aromatic N) is 2. The molecule has 1 amide bonds. The highest BCUT2D eigenvalue weighted by Gasteiger charge is 2.06. The average Bonchev–Trinajstić information content (AvgIpc) is 3.06. The van der Waals surface area contributed by atoms with E-state index in [-0.39, 0.29) is 5.91 Å². The first-order valence-electron chi connectivity index (χ1n) is 8.84. The maximum absolute atomic E-state index is 11.9. The molecule has 0 bridgehead atoms. The van der Waals surface area contributed by atoms with E-state index >= 15 is 0 Å². The van der Waals surface area contributed by atoms with Crippen LogP contribution in [0, 0.1) is 6.92 Å². The zero-order chi connectivity index (χ0) is 18.2. The average molecular weight is 345 g/mol. The third-order valence-corrected chi connectivity index (χ3v) is 4.17. The van der Waals surface area contributed by atoms with Crippen molar-refractivity contribution in [2.24, 2.45) is 0 Å². The molecule has 0 unspecified atom stereocenters. The van der Waals surface area contributed by atoms with Crippen LogP contribution in [0.4, 0.5) is 0 Å². The predicted molar refractivity (Wildman–Crippen MR) is 105 cm³/mol. The largest absolute Gasteiger partial charge is 0.353 e. The summed E-state index contributed by atoms with van der Waals surface area (Å²) >= 11 is 0. The number of carbonyl (C=O) groups excluding carboxylic acids is 1. The second-order valence-corrected chi connectivity index (χ2v) is 6.16. The molecule has 1 aromatic heterocycles. The summed E-state index contributed by atoms with van der Waals surface area (Å²) in [5.74, 6) is -0.0643. The lowest BCUT2D eigenvalue weighted by Crippen LogP contribution is -2.22. The van der Waals surface area contributed by atoms with Crippen molar-refractivity contribution in [3.63, 3.8) is 0 Å². The quantitative estimate of drug-likeness (QED) is 0.521. The van der Waals surface area contributed by atoms with Crippen LogP contribution < -0.4 is 5.32 Å². The Bertz CT molecular complexity index is 867. The predicted octanol–water partition coefficient (Wildman–Crippen LogP) is 3.94. The van der Waals surface area contributed by atoms with Gasteiger partial charge < -0.3 is 5.32 Å². The van der Waals surface area contributed by atoms with E-state index in [0.717, 1.165) is 29.8 Å². The van der Waals surface area contributed by atoms with Gasteiger partial charge in [-0.1, -0.05) is 48.5 Å². The summed E-state index contributed by atoms with van der Waals surface area (Å²) in [5, 5.41) is 7.50. The van der Waals surface area contributed by atoms with Crippen LogP contribution in [0.3, 0.4) is 0 Å². The summed E-state index contributed by atoms with van der Waals surface area (Å²) in [4.78, 5) is 11.9. The van der Waals surface area contributed by atoms with Gasteiger partial charge in [-0.25, -0.2) is 4.68 Å². The van der Waals surface area contributed by atoms with E-state index < -0.39 is 0 Å². The zero-order valence-electron chi connectivity index (χ0n) is 14.9. The minimum absolute atomic E-state index is 0.0643. The lowest BCUT2D eigenvalue weighted by molar-refractivity contribution is -0.116. The molecule has 132 valence electrons. The van der Waals surface area contributed by atoms with Gasteiger partial charge in [0.15, 0.2) is 0 Å². The summed E-state index contributed by atoms with van der Waals surface area (Å²) in [6.45, 7) is 2.67. The summed E-state index contributed by atoms with van der Waals surface area (Å²) in [6.07, 6.45) is 7.24. The van der Waals surface area contributed by atoms with Crippen LogP contribution in [0.1, 0.15) is 23.2 Å². The van der Waals surface area contributed by atoms with Crippen molar-refractivity contribution >= 4 is 12.0 Å². The van der Waals surface area contributed by atoms with Gasteiger partial charge in [0.2, 0.25) is 5.91 Å². The molecule has 0 aliphatic carbocycles. The van der Waals surface area contributed by atoms with Gasteiger partial charge in [0, 0.05) is 18.8 Å². The third-order valence-electron chi connectivity index (χ3n) is 4.17. The second kappa shape index (κ2) is 8.81. The van der Waals surface area contributed by atoms with Crippen molar-refractivity contribution in [2.75, 3.05) is 6.54 Å². The van der Waals surface area contributed by atoms with Gasteiger partial charge in [-0.2, -0.15) is 5.10 Å². The molecule has 0 spiro atoms. The molecule has 0 saturated carbocycles. The van der Waals surface area contributed by atoms with Crippen LogP contribution in [-0.4, -0.2) is 22.2 Å². The summed E-state index contributed by atoms with van der Waals surface area (Å²) in [5.41, 5.74) is 4.32. The second-order valence-electron chi connectivity index (χ2n) is 6.16.